The largest absolute Gasteiger partial charge is 0.326 e. The van der Waals surface area contributed by atoms with Gasteiger partial charge in [-0.25, -0.2) is 0 Å². The van der Waals surface area contributed by atoms with E-state index in [1.807, 2.05) is 31.2 Å². The molecule has 2 heteroatoms. The number of carbonyl (C=O) groups excluding carboxylic acids is 1. The van der Waals surface area contributed by atoms with E-state index in [1.54, 1.807) is 0 Å². The van der Waals surface area contributed by atoms with Crippen molar-refractivity contribution in [1.29, 1.82) is 0 Å². The first-order valence-electron chi connectivity index (χ1n) is 7.93. The summed E-state index contributed by atoms with van der Waals surface area (Å²) in [7, 11) is 0. The maximum Gasteiger partial charge on any atom is 0.255 e. The number of amides is 1. The molecule has 0 aromatic heterocycles. The predicted octanol–water partition coefficient (Wildman–Crippen LogP) is 5.20. The fraction of sp³-hybridized carbons (Fsp3) is 0.526. The Morgan fingerprint density at radius 1 is 1.14 bits per heavy atom. The SMILES string of the molecule is CCCCC/C=C(\C)NC(=O)c1ccc(C(C)(C)C)cc1. The quantitative estimate of drug-likeness (QED) is 0.716. The molecule has 1 aromatic carbocycles. The molecule has 21 heavy (non-hydrogen) atoms. The van der Waals surface area contributed by atoms with Crippen molar-refractivity contribution in [3.63, 3.8) is 0 Å². The zero-order chi connectivity index (χ0) is 15.9. The summed E-state index contributed by atoms with van der Waals surface area (Å²) in [6, 6.07) is 7.88. The zero-order valence-corrected chi connectivity index (χ0v) is 14.1. The molecule has 116 valence electrons. The Labute approximate surface area is 129 Å². The lowest BCUT2D eigenvalue weighted by molar-refractivity contribution is 0.0966. The summed E-state index contributed by atoms with van der Waals surface area (Å²) < 4.78 is 0. The van der Waals surface area contributed by atoms with E-state index < -0.39 is 0 Å². The molecule has 0 aliphatic rings. The summed E-state index contributed by atoms with van der Waals surface area (Å²) in [5.41, 5.74) is 3.01. The normalized spacial score (nSPS) is 12.3. The summed E-state index contributed by atoms with van der Waals surface area (Å²) in [5, 5.41) is 2.95. The third-order valence-corrected chi connectivity index (χ3v) is 3.58. The highest BCUT2D eigenvalue weighted by Crippen LogP contribution is 2.22. The zero-order valence-electron chi connectivity index (χ0n) is 14.1. The highest BCUT2D eigenvalue weighted by atomic mass is 16.1. The maximum absolute atomic E-state index is 12.2. The average Bonchev–Trinajstić information content (AvgIpc) is 2.43. The molecule has 0 aliphatic carbocycles. The van der Waals surface area contributed by atoms with Crippen LogP contribution >= 0.6 is 0 Å². The van der Waals surface area contributed by atoms with Gasteiger partial charge in [-0.2, -0.15) is 0 Å². The summed E-state index contributed by atoms with van der Waals surface area (Å²) in [4.78, 5) is 12.2. The number of hydrogen-bond donors (Lipinski definition) is 1. The Morgan fingerprint density at radius 2 is 1.76 bits per heavy atom. The summed E-state index contributed by atoms with van der Waals surface area (Å²) >= 11 is 0. The fourth-order valence-electron chi connectivity index (χ4n) is 2.14. The fourth-order valence-corrected chi connectivity index (χ4v) is 2.14. The number of allylic oxidation sites excluding steroid dienone is 2. The number of unbranched alkanes of at least 4 members (excludes halogenated alkanes) is 3. The molecule has 0 atom stereocenters. The van der Waals surface area contributed by atoms with Crippen molar-refractivity contribution in [2.45, 2.75) is 65.7 Å². The van der Waals surface area contributed by atoms with Crippen LogP contribution < -0.4 is 5.32 Å². The first kappa shape index (κ1) is 17.5. The van der Waals surface area contributed by atoms with Crippen LogP contribution in [0, 0.1) is 0 Å². The lowest BCUT2D eigenvalue weighted by Gasteiger charge is -2.19. The molecular formula is C19H29NO. The van der Waals surface area contributed by atoms with Crippen LogP contribution in [0.5, 0.6) is 0 Å². The topological polar surface area (TPSA) is 29.1 Å². The van der Waals surface area contributed by atoms with Gasteiger partial charge < -0.3 is 5.32 Å². The molecular weight excluding hydrogens is 258 g/mol. The van der Waals surface area contributed by atoms with Crippen molar-refractivity contribution in [3.8, 4) is 0 Å². The molecule has 0 saturated carbocycles. The van der Waals surface area contributed by atoms with Gasteiger partial charge in [-0.05, 0) is 42.9 Å². The Bertz CT molecular complexity index is 477. The van der Waals surface area contributed by atoms with Crippen molar-refractivity contribution in [2.75, 3.05) is 0 Å². The van der Waals surface area contributed by atoms with Crippen LogP contribution in [0.3, 0.4) is 0 Å². The van der Waals surface area contributed by atoms with E-state index in [-0.39, 0.29) is 11.3 Å². The first-order chi connectivity index (χ1) is 9.84. The Hall–Kier alpha value is -1.57. The van der Waals surface area contributed by atoms with E-state index in [9.17, 15) is 4.79 Å². The molecule has 0 bridgehead atoms. The van der Waals surface area contributed by atoms with Crippen LogP contribution in [0.4, 0.5) is 0 Å². The van der Waals surface area contributed by atoms with Crippen molar-refractivity contribution < 1.29 is 4.79 Å². The summed E-state index contributed by atoms with van der Waals surface area (Å²) in [6.07, 6.45) is 6.79. The average molecular weight is 287 g/mol. The molecule has 0 saturated heterocycles. The van der Waals surface area contributed by atoms with Gasteiger partial charge in [0, 0.05) is 11.3 Å². The van der Waals surface area contributed by atoms with Crippen molar-refractivity contribution in [3.05, 3.63) is 47.2 Å². The highest BCUT2D eigenvalue weighted by Gasteiger charge is 2.14. The second-order valence-electron chi connectivity index (χ2n) is 6.66. The lowest BCUT2D eigenvalue weighted by atomic mass is 9.87. The number of hydrogen-bond acceptors (Lipinski definition) is 1. The molecule has 1 amide bonds. The lowest BCUT2D eigenvalue weighted by Crippen LogP contribution is -2.21. The van der Waals surface area contributed by atoms with Gasteiger partial charge in [0.25, 0.3) is 5.91 Å². The van der Waals surface area contributed by atoms with Gasteiger partial charge in [0.05, 0.1) is 0 Å². The van der Waals surface area contributed by atoms with E-state index in [0.29, 0.717) is 5.56 Å². The van der Waals surface area contributed by atoms with Gasteiger partial charge in [-0.15, -0.1) is 0 Å². The number of carbonyl (C=O) groups is 1. The van der Waals surface area contributed by atoms with E-state index in [0.717, 1.165) is 12.1 Å². The first-order valence-corrected chi connectivity index (χ1v) is 7.93. The standard InChI is InChI=1S/C19H29NO/c1-6-7-8-9-10-15(2)20-18(21)16-11-13-17(14-12-16)19(3,4)5/h10-14H,6-9H2,1-5H3,(H,20,21)/b15-10+. The van der Waals surface area contributed by atoms with Crippen LogP contribution in [0.25, 0.3) is 0 Å². The van der Waals surface area contributed by atoms with Crippen LogP contribution in [-0.4, -0.2) is 5.91 Å². The molecule has 0 unspecified atom stereocenters. The summed E-state index contributed by atoms with van der Waals surface area (Å²) in [6.45, 7) is 10.7. The van der Waals surface area contributed by atoms with Crippen LogP contribution in [-0.2, 0) is 5.41 Å². The second kappa shape index (κ2) is 8.02. The smallest absolute Gasteiger partial charge is 0.255 e. The highest BCUT2D eigenvalue weighted by molar-refractivity contribution is 5.95. The minimum Gasteiger partial charge on any atom is -0.326 e. The molecule has 0 spiro atoms. The third kappa shape index (κ3) is 6.16. The van der Waals surface area contributed by atoms with Crippen LogP contribution in [0.2, 0.25) is 0 Å². The van der Waals surface area contributed by atoms with Gasteiger partial charge in [-0.1, -0.05) is 58.7 Å². The Kier molecular flexibility index (Phi) is 6.67. The predicted molar refractivity (Wildman–Crippen MR) is 90.5 cm³/mol. The second-order valence-corrected chi connectivity index (χ2v) is 6.66. The van der Waals surface area contributed by atoms with E-state index in [2.05, 4.69) is 39.1 Å². The van der Waals surface area contributed by atoms with Crippen LogP contribution in [0.15, 0.2) is 36.0 Å². The Morgan fingerprint density at radius 3 is 2.29 bits per heavy atom. The maximum atomic E-state index is 12.2. The molecule has 0 fully saturated rings. The number of rotatable bonds is 6. The molecule has 1 aromatic rings. The van der Waals surface area contributed by atoms with Crippen molar-refractivity contribution >= 4 is 5.91 Å². The molecule has 1 rings (SSSR count). The van der Waals surface area contributed by atoms with Crippen molar-refractivity contribution in [1.82, 2.24) is 5.32 Å². The summed E-state index contributed by atoms with van der Waals surface area (Å²) in [5.74, 6) is -0.0281. The molecule has 2 nitrogen and oxygen atoms in total. The molecule has 0 radical (unpaired) electrons. The molecule has 1 N–H and O–H groups in total. The van der Waals surface area contributed by atoms with Gasteiger partial charge >= 0.3 is 0 Å². The molecule has 0 aliphatic heterocycles. The van der Waals surface area contributed by atoms with E-state index >= 15 is 0 Å². The van der Waals surface area contributed by atoms with Gasteiger partial charge in [0.15, 0.2) is 0 Å². The number of nitrogens with one attached hydrogen (secondary N) is 1. The van der Waals surface area contributed by atoms with Gasteiger partial charge in [0.1, 0.15) is 0 Å². The van der Waals surface area contributed by atoms with E-state index in [4.69, 9.17) is 0 Å². The van der Waals surface area contributed by atoms with E-state index in [1.165, 1.54) is 24.8 Å². The number of benzene rings is 1. The Balaban J connectivity index is 2.59. The van der Waals surface area contributed by atoms with Crippen molar-refractivity contribution in [2.24, 2.45) is 0 Å². The van der Waals surface area contributed by atoms with Gasteiger partial charge in [-0.3, -0.25) is 4.79 Å². The van der Waals surface area contributed by atoms with Crippen LogP contribution in [0.1, 0.15) is 76.2 Å². The third-order valence-electron chi connectivity index (χ3n) is 3.58. The molecule has 0 heterocycles. The minimum absolute atomic E-state index is 0.0281. The van der Waals surface area contributed by atoms with Gasteiger partial charge in [0.2, 0.25) is 0 Å². The minimum atomic E-state index is -0.0281. The monoisotopic (exact) mass is 287 g/mol.